The molecule has 1 rings (SSSR count). The molecule has 0 bridgehead atoms. The molecule has 0 saturated carbocycles. The second-order valence-electron chi connectivity index (χ2n) is 1.57. The lowest BCUT2D eigenvalue weighted by Gasteiger charge is -2.14. The molecule has 10 heavy (non-hydrogen) atoms. The summed E-state index contributed by atoms with van der Waals surface area (Å²) in [5.41, 5.74) is 0. The first kappa shape index (κ1) is 7.37. The van der Waals surface area contributed by atoms with Crippen molar-refractivity contribution in [2.75, 3.05) is 0 Å². The largest absolute Gasteiger partial charge is 0.788 e. The molecule has 0 atom stereocenters. The van der Waals surface area contributed by atoms with E-state index in [0.29, 0.717) is 5.82 Å². The Morgan fingerprint density at radius 1 is 1.40 bits per heavy atom. The van der Waals surface area contributed by atoms with Gasteiger partial charge in [-0.15, -0.1) is 0 Å². The van der Waals surface area contributed by atoms with Gasteiger partial charge < -0.3 is 25.3 Å². The molecule has 1 heterocycles. The van der Waals surface area contributed by atoms with E-state index in [1.54, 1.807) is 12.3 Å². The van der Waals surface area contributed by atoms with Crippen molar-refractivity contribution in [1.82, 2.24) is 4.98 Å². The lowest BCUT2D eigenvalue weighted by atomic mass is 10.5. The SMILES string of the molecule is [S-]C([S-])=Nc1ccccn1. The van der Waals surface area contributed by atoms with Gasteiger partial charge in [0.25, 0.3) is 0 Å². The van der Waals surface area contributed by atoms with Crippen LogP contribution in [0.25, 0.3) is 0 Å². The van der Waals surface area contributed by atoms with E-state index in [4.69, 9.17) is 0 Å². The van der Waals surface area contributed by atoms with Gasteiger partial charge in [0.15, 0.2) is 0 Å². The van der Waals surface area contributed by atoms with Crippen molar-refractivity contribution in [3.8, 4) is 0 Å². The summed E-state index contributed by atoms with van der Waals surface area (Å²) in [5, 5.41) is 0. The molecule has 0 N–H and O–H groups in total. The van der Waals surface area contributed by atoms with Gasteiger partial charge in [0.05, 0.1) is 0 Å². The summed E-state index contributed by atoms with van der Waals surface area (Å²) in [6, 6.07) is 5.39. The predicted octanol–water partition coefficient (Wildman–Crippen LogP) is 1.16. The van der Waals surface area contributed by atoms with Crippen LogP contribution in [0.4, 0.5) is 5.82 Å². The second-order valence-corrected chi connectivity index (χ2v) is 2.60. The molecule has 0 aliphatic rings. The average molecular weight is 168 g/mol. The smallest absolute Gasteiger partial charge is 0.148 e. The Bertz CT molecular complexity index is 229. The van der Waals surface area contributed by atoms with Crippen molar-refractivity contribution in [2.45, 2.75) is 0 Å². The van der Waals surface area contributed by atoms with Crippen LogP contribution < -0.4 is 0 Å². The quantitative estimate of drug-likeness (QED) is 0.357. The number of hydrogen-bond donors (Lipinski definition) is 0. The van der Waals surface area contributed by atoms with Gasteiger partial charge in [-0.2, -0.15) is 0 Å². The summed E-state index contributed by atoms with van der Waals surface area (Å²) < 4.78 is 0.193. The Hall–Kier alpha value is -0.740. The number of aromatic nitrogens is 1. The maximum atomic E-state index is 4.59. The standard InChI is InChI=1S/C6H6N2S2/c9-6(10)8-5-3-1-2-4-7-5/h1-4H,(H2,7,8,9,10)/p-2. The molecule has 0 unspecified atom stereocenters. The molecule has 0 aromatic carbocycles. The van der Waals surface area contributed by atoms with Crippen molar-refractivity contribution in [2.24, 2.45) is 4.99 Å². The van der Waals surface area contributed by atoms with E-state index in [1.807, 2.05) is 12.1 Å². The van der Waals surface area contributed by atoms with Crippen LogP contribution in [-0.2, 0) is 25.3 Å². The fraction of sp³-hybridized carbons (Fsp3) is 0. The normalized spacial score (nSPS) is 8.80. The van der Waals surface area contributed by atoms with E-state index >= 15 is 0 Å². The minimum Gasteiger partial charge on any atom is -0.788 e. The molecule has 2 nitrogen and oxygen atoms in total. The van der Waals surface area contributed by atoms with Gasteiger partial charge in [-0.3, -0.25) is 4.99 Å². The Morgan fingerprint density at radius 2 is 2.20 bits per heavy atom. The second kappa shape index (κ2) is 3.43. The molecule has 0 radical (unpaired) electrons. The van der Waals surface area contributed by atoms with Crippen molar-refractivity contribution in [3.63, 3.8) is 0 Å². The zero-order chi connectivity index (χ0) is 7.40. The molecule has 0 aliphatic carbocycles. The number of rotatable bonds is 1. The van der Waals surface area contributed by atoms with E-state index in [9.17, 15) is 0 Å². The summed E-state index contributed by atoms with van der Waals surface area (Å²) in [5.74, 6) is 0.572. The molecule has 0 fully saturated rings. The van der Waals surface area contributed by atoms with Crippen LogP contribution in [-0.4, -0.2) is 9.36 Å². The molecule has 1 aromatic heterocycles. The van der Waals surface area contributed by atoms with Crippen molar-refractivity contribution in [1.29, 1.82) is 0 Å². The summed E-state index contributed by atoms with van der Waals surface area (Å²) in [6.45, 7) is 0. The van der Waals surface area contributed by atoms with Crippen LogP contribution in [0.15, 0.2) is 29.4 Å². The maximum Gasteiger partial charge on any atom is 0.148 e. The summed E-state index contributed by atoms with van der Waals surface area (Å²) >= 11 is 9.17. The summed E-state index contributed by atoms with van der Waals surface area (Å²) in [6.07, 6.45) is 1.65. The number of pyridine rings is 1. The first-order chi connectivity index (χ1) is 4.79. The van der Waals surface area contributed by atoms with Gasteiger partial charge in [0.1, 0.15) is 5.82 Å². The first-order valence-corrected chi connectivity index (χ1v) is 3.44. The van der Waals surface area contributed by atoms with Crippen LogP contribution in [0, 0.1) is 0 Å². The molecule has 52 valence electrons. The lowest BCUT2D eigenvalue weighted by Crippen LogP contribution is -1.82. The number of aliphatic imine (C=N–C) groups is 1. The minimum atomic E-state index is 0.193. The van der Waals surface area contributed by atoms with E-state index in [0.717, 1.165) is 0 Å². The van der Waals surface area contributed by atoms with Crippen LogP contribution in [0.5, 0.6) is 0 Å². The third-order valence-electron chi connectivity index (χ3n) is 0.855. The Morgan fingerprint density at radius 3 is 2.70 bits per heavy atom. The number of nitrogens with zero attached hydrogens (tertiary/aromatic N) is 2. The predicted molar refractivity (Wildman–Crippen MR) is 46.1 cm³/mol. The summed E-state index contributed by atoms with van der Waals surface area (Å²) in [7, 11) is 0. The first-order valence-electron chi connectivity index (χ1n) is 2.63. The number of hydrogen-bond acceptors (Lipinski definition) is 4. The fourth-order valence-corrected chi connectivity index (χ4v) is 0.700. The maximum absolute atomic E-state index is 4.59. The highest BCUT2D eigenvalue weighted by atomic mass is 32.2. The Kier molecular flexibility index (Phi) is 2.53. The highest BCUT2D eigenvalue weighted by Crippen LogP contribution is 2.03. The van der Waals surface area contributed by atoms with Gasteiger partial charge >= 0.3 is 0 Å². The van der Waals surface area contributed by atoms with E-state index in [2.05, 4.69) is 35.2 Å². The molecular weight excluding hydrogens is 164 g/mol. The van der Waals surface area contributed by atoms with Crippen molar-refractivity contribution >= 4 is 35.5 Å². The van der Waals surface area contributed by atoms with Crippen molar-refractivity contribution in [3.05, 3.63) is 24.4 Å². The van der Waals surface area contributed by atoms with Crippen molar-refractivity contribution < 1.29 is 0 Å². The van der Waals surface area contributed by atoms with Gasteiger partial charge in [-0.25, -0.2) is 9.36 Å². The molecule has 0 saturated heterocycles. The minimum absolute atomic E-state index is 0.193. The average Bonchev–Trinajstić information content (AvgIpc) is 1.88. The zero-order valence-corrected chi connectivity index (χ0v) is 6.65. The van der Waals surface area contributed by atoms with Crippen LogP contribution in [0.3, 0.4) is 0 Å². The monoisotopic (exact) mass is 168 g/mol. The van der Waals surface area contributed by atoms with E-state index < -0.39 is 0 Å². The third-order valence-corrected chi connectivity index (χ3v) is 1.04. The Balaban J connectivity index is 2.87. The van der Waals surface area contributed by atoms with E-state index in [1.165, 1.54) is 0 Å². The zero-order valence-electron chi connectivity index (χ0n) is 5.02. The highest BCUT2D eigenvalue weighted by Gasteiger charge is 1.79. The van der Waals surface area contributed by atoms with Crippen LogP contribution in [0.1, 0.15) is 0 Å². The lowest BCUT2D eigenvalue weighted by molar-refractivity contribution is 1.28. The van der Waals surface area contributed by atoms with Crippen LogP contribution >= 0.6 is 0 Å². The highest BCUT2D eigenvalue weighted by molar-refractivity contribution is 8.05. The molecular formula is C6H4N2S2-2. The molecule has 0 aliphatic heterocycles. The Labute approximate surface area is 70.2 Å². The third kappa shape index (κ3) is 2.24. The summed E-state index contributed by atoms with van der Waals surface area (Å²) in [4.78, 5) is 7.69. The molecule has 0 spiro atoms. The molecule has 4 heteroatoms. The van der Waals surface area contributed by atoms with Gasteiger partial charge in [0.2, 0.25) is 0 Å². The fourth-order valence-electron chi connectivity index (χ4n) is 0.513. The van der Waals surface area contributed by atoms with Gasteiger partial charge in [-0.1, -0.05) is 6.07 Å². The topological polar surface area (TPSA) is 25.2 Å². The van der Waals surface area contributed by atoms with Gasteiger partial charge in [-0.05, 0) is 12.1 Å². The molecule has 1 aromatic rings. The molecule has 0 amide bonds. The van der Waals surface area contributed by atoms with Crippen LogP contribution in [0.2, 0.25) is 0 Å². The van der Waals surface area contributed by atoms with Gasteiger partial charge in [0, 0.05) is 6.20 Å². The van der Waals surface area contributed by atoms with E-state index in [-0.39, 0.29) is 4.38 Å².